The third-order valence-electron chi connectivity index (χ3n) is 3.88. The van der Waals surface area contributed by atoms with Crippen LogP contribution in [0.15, 0.2) is 18.2 Å². The van der Waals surface area contributed by atoms with Crippen LogP contribution >= 0.6 is 0 Å². The molecular weight excluding hydrogens is 186 g/mol. The van der Waals surface area contributed by atoms with Crippen molar-refractivity contribution in [2.24, 2.45) is 5.92 Å². The maximum absolute atomic E-state index is 9.87. The van der Waals surface area contributed by atoms with E-state index in [2.05, 4.69) is 33.0 Å². The lowest BCUT2D eigenvalue weighted by Crippen LogP contribution is -2.44. The zero-order valence-electron chi connectivity index (χ0n) is 9.83. The highest BCUT2D eigenvalue weighted by molar-refractivity contribution is 5.62. The molecule has 0 saturated heterocycles. The first kappa shape index (κ1) is 10.3. The second kappa shape index (κ2) is 3.16. The van der Waals surface area contributed by atoms with Crippen LogP contribution in [-0.4, -0.2) is 10.6 Å². The number of anilines is 1. The third-order valence-corrected chi connectivity index (χ3v) is 3.88. The number of fused-ring (bicyclic) bond motifs is 1. The van der Waals surface area contributed by atoms with Gasteiger partial charge < -0.3 is 10.4 Å². The van der Waals surface area contributed by atoms with Crippen LogP contribution in [0.2, 0.25) is 0 Å². The highest BCUT2D eigenvalue weighted by Gasteiger charge is 2.37. The summed E-state index contributed by atoms with van der Waals surface area (Å²) in [5.41, 5.74) is 2.22. The van der Waals surface area contributed by atoms with Crippen molar-refractivity contribution in [3.8, 4) is 5.75 Å². The van der Waals surface area contributed by atoms with Gasteiger partial charge in [0.15, 0.2) is 0 Å². The minimum Gasteiger partial charge on any atom is -0.508 e. The number of nitrogens with one attached hydrogen (secondary N) is 1. The van der Waals surface area contributed by atoms with Crippen LogP contribution in [-0.2, 0) is 0 Å². The van der Waals surface area contributed by atoms with Gasteiger partial charge in [-0.3, -0.25) is 0 Å². The van der Waals surface area contributed by atoms with E-state index in [0.29, 0.717) is 17.6 Å². The van der Waals surface area contributed by atoms with Gasteiger partial charge in [-0.15, -0.1) is 0 Å². The lowest BCUT2D eigenvalue weighted by molar-refractivity contribution is 0.309. The van der Waals surface area contributed by atoms with Crippen molar-refractivity contribution in [3.63, 3.8) is 0 Å². The summed E-state index contributed by atoms with van der Waals surface area (Å²) in [4.78, 5) is 0. The van der Waals surface area contributed by atoms with Crippen molar-refractivity contribution < 1.29 is 5.11 Å². The molecule has 0 aliphatic carbocycles. The number of aromatic hydroxyl groups is 1. The second-order valence-electron chi connectivity index (χ2n) is 5.16. The van der Waals surface area contributed by atoms with E-state index >= 15 is 0 Å². The van der Waals surface area contributed by atoms with Crippen molar-refractivity contribution >= 4 is 5.69 Å². The number of phenolic OH excluding ortho intramolecular Hbond substituents is 1. The van der Waals surface area contributed by atoms with Crippen molar-refractivity contribution in [2.75, 3.05) is 5.32 Å². The molecule has 2 unspecified atom stereocenters. The number of hydrogen-bond acceptors (Lipinski definition) is 2. The molecule has 2 atom stereocenters. The Morgan fingerprint density at radius 2 is 1.93 bits per heavy atom. The summed E-state index contributed by atoms with van der Waals surface area (Å²) in [5, 5.41) is 13.4. The highest BCUT2D eigenvalue weighted by atomic mass is 16.3. The summed E-state index contributed by atoms with van der Waals surface area (Å²) in [6.07, 6.45) is 0. The molecule has 0 aromatic heterocycles. The molecule has 2 nitrogen and oxygen atoms in total. The van der Waals surface area contributed by atoms with Crippen LogP contribution in [0.4, 0.5) is 5.69 Å². The standard InChI is InChI=1S/C13H19NO/c1-8-9(2)13(3,4)14-10-6-5-7-11(15)12(8)10/h5-9,14-15H,1-4H3. The summed E-state index contributed by atoms with van der Waals surface area (Å²) < 4.78 is 0. The first-order valence-corrected chi connectivity index (χ1v) is 5.53. The molecule has 0 saturated carbocycles. The molecule has 2 N–H and O–H groups in total. The van der Waals surface area contributed by atoms with E-state index in [1.54, 1.807) is 6.07 Å². The van der Waals surface area contributed by atoms with E-state index in [1.165, 1.54) is 0 Å². The average molecular weight is 205 g/mol. The van der Waals surface area contributed by atoms with E-state index in [0.717, 1.165) is 11.3 Å². The van der Waals surface area contributed by atoms with E-state index in [4.69, 9.17) is 0 Å². The Balaban J connectivity index is 2.55. The Bertz CT molecular complexity index is 384. The van der Waals surface area contributed by atoms with Gasteiger partial charge in [-0.1, -0.05) is 19.9 Å². The molecule has 0 bridgehead atoms. The molecule has 1 aromatic carbocycles. The van der Waals surface area contributed by atoms with Crippen LogP contribution in [0.3, 0.4) is 0 Å². The highest BCUT2D eigenvalue weighted by Crippen LogP contribution is 2.46. The molecule has 1 heterocycles. The number of phenols is 1. The van der Waals surface area contributed by atoms with Crippen LogP contribution in [0.5, 0.6) is 5.75 Å². The van der Waals surface area contributed by atoms with Gasteiger partial charge in [-0.2, -0.15) is 0 Å². The molecule has 1 aliphatic rings. The maximum Gasteiger partial charge on any atom is 0.121 e. The summed E-state index contributed by atoms with van der Waals surface area (Å²) >= 11 is 0. The quantitative estimate of drug-likeness (QED) is 0.681. The van der Waals surface area contributed by atoms with E-state index in [9.17, 15) is 5.11 Å². The Labute approximate surface area is 91.3 Å². The van der Waals surface area contributed by atoms with E-state index in [-0.39, 0.29) is 5.54 Å². The first-order chi connectivity index (χ1) is 6.93. The molecule has 0 radical (unpaired) electrons. The zero-order chi connectivity index (χ0) is 11.2. The lowest BCUT2D eigenvalue weighted by atomic mass is 9.73. The third kappa shape index (κ3) is 1.48. The SMILES string of the molecule is CC1c2c(O)cccc2NC(C)(C)C1C. The van der Waals surface area contributed by atoms with Gasteiger partial charge in [-0.25, -0.2) is 0 Å². The maximum atomic E-state index is 9.87. The second-order valence-corrected chi connectivity index (χ2v) is 5.16. The van der Waals surface area contributed by atoms with Crippen LogP contribution in [0.25, 0.3) is 0 Å². The number of hydrogen-bond donors (Lipinski definition) is 2. The molecule has 15 heavy (non-hydrogen) atoms. The molecule has 0 spiro atoms. The fourth-order valence-corrected chi connectivity index (χ4v) is 2.48. The van der Waals surface area contributed by atoms with E-state index in [1.807, 2.05) is 12.1 Å². The molecule has 0 amide bonds. The molecule has 1 aromatic rings. The molecule has 1 aliphatic heterocycles. The predicted molar refractivity (Wildman–Crippen MR) is 63.4 cm³/mol. The van der Waals surface area contributed by atoms with Gasteiger partial charge in [-0.05, 0) is 37.8 Å². The minimum absolute atomic E-state index is 0.0835. The average Bonchev–Trinajstić information content (AvgIpc) is 2.13. The van der Waals surface area contributed by atoms with Gasteiger partial charge >= 0.3 is 0 Å². The van der Waals surface area contributed by atoms with Gasteiger partial charge in [0.1, 0.15) is 5.75 Å². The van der Waals surface area contributed by atoms with E-state index < -0.39 is 0 Å². The molecule has 82 valence electrons. The van der Waals surface area contributed by atoms with Crippen molar-refractivity contribution in [3.05, 3.63) is 23.8 Å². The summed E-state index contributed by atoms with van der Waals surface area (Å²) in [7, 11) is 0. The van der Waals surface area contributed by atoms with Gasteiger partial charge in [0, 0.05) is 16.8 Å². The Morgan fingerprint density at radius 3 is 2.60 bits per heavy atom. The monoisotopic (exact) mass is 205 g/mol. The van der Waals surface area contributed by atoms with Crippen molar-refractivity contribution in [2.45, 2.75) is 39.2 Å². The summed E-state index contributed by atoms with van der Waals surface area (Å²) in [5.74, 6) is 1.30. The zero-order valence-corrected chi connectivity index (χ0v) is 9.83. The Hall–Kier alpha value is -1.18. The van der Waals surface area contributed by atoms with Gasteiger partial charge in [0.2, 0.25) is 0 Å². The first-order valence-electron chi connectivity index (χ1n) is 5.53. The molecule has 0 fully saturated rings. The fourth-order valence-electron chi connectivity index (χ4n) is 2.48. The van der Waals surface area contributed by atoms with Crippen molar-refractivity contribution in [1.82, 2.24) is 0 Å². The number of benzene rings is 1. The van der Waals surface area contributed by atoms with Crippen molar-refractivity contribution in [1.29, 1.82) is 0 Å². The molecular formula is C13H19NO. The normalized spacial score (nSPS) is 28.0. The van der Waals surface area contributed by atoms with Gasteiger partial charge in [0.05, 0.1) is 0 Å². The lowest BCUT2D eigenvalue weighted by Gasteiger charge is -2.43. The smallest absolute Gasteiger partial charge is 0.121 e. The van der Waals surface area contributed by atoms with Crippen LogP contribution in [0, 0.1) is 5.92 Å². The Kier molecular flexibility index (Phi) is 2.18. The predicted octanol–water partition coefficient (Wildman–Crippen LogP) is 3.34. The molecule has 2 rings (SSSR count). The topological polar surface area (TPSA) is 32.3 Å². The summed E-state index contributed by atoms with van der Waals surface area (Å²) in [6, 6.07) is 5.70. The summed E-state index contributed by atoms with van der Waals surface area (Å²) in [6.45, 7) is 8.83. The Morgan fingerprint density at radius 1 is 1.27 bits per heavy atom. The number of rotatable bonds is 0. The minimum atomic E-state index is 0.0835. The molecule has 2 heteroatoms. The van der Waals surface area contributed by atoms with Crippen LogP contribution in [0.1, 0.15) is 39.2 Å². The fraction of sp³-hybridized carbons (Fsp3) is 0.538. The van der Waals surface area contributed by atoms with Crippen LogP contribution < -0.4 is 5.32 Å². The largest absolute Gasteiger partial charge is 0.508 e. The van der Waals surface area contributed by atoms with Gasteiger partial charge in [0.25, 0.3) is 0 Å².